The highest BCUT2D eigenvalue weighted by Gasteiger charge is 2.20. The van der Waals surface area contributed by atoms with E-state index in [-0.39, 0.29) is 17.0 Å². The number of anilines is 1. The second-order valence-electron chi connectivity index (χ2n) is 6.95. The van der Waals surface area contributed by atoms with Gasteiger partial charge >= 0.3 is 0 Å². The quantitative estimate of drug-likeness (QED) is 0.584. The van der Waals surface area contributed by atoms with E-state index in [0.717, 1.165) is 5.56 Å². The molecule has 1 N–H and O–H groups in total. The Hall–Kier alpha value is -3.32. The molecule has 0 saturated heterocycles. The summed E-state index contributed by atoms with van der Waals surface area (Å²) in [5.41, 5.74) is 1.88. The first-order valence-electron chi connectivity index (χ1n) is 9.35. The van der Waals surface area contributed by atoms with Crippen molar-refractivity contribution in [1.82, 2.24) is 15.2 Å². The van der Waals surface area contributed by atoms with E-state index in [9.17, 15) is 9.59 Å². The van der Waals surface area contributed by atoms with E-state index >= 15 is 0 Å². The topological polar surface area (TPSA) is 78.7 Å². The summed E-state index contributed by atoms with van der Waals surface area (Å²) in [6.45, 7) is 0.630. The van der Waals surface area contributed by atoms with Gasteiger partial charge in [0.1, 0.15) is 16.7 Å². The fraction of sp³-hybridized carbons (Fsp3) is 0.227. The summed E-state index contributed by atoms with van der Waals surface area (Å²) in [6, 6.07) is 14.0. The first-order chi connectivity index (χ1) is 14.4. The van der Waals surface area contributed by atoms with Gasteiger partial charge in [0.25, 0.3) is 11.8 Å². The van der Waals surface area contributed by atoms with Crippen molar-refractivity contribution in [3.8, 4) is 0 Å². The molecule has 2 amide bonds. The lowest BCUT2D eigenvalue weighted by Crippen LogP contribution is -2.30. The van der Waals surface area contributed by atoms with E-state index < -0.39 is 0 Å². The summed E-state index contributed by atoms with van der Waals surface area (Å²) in [7, 11) is 5.25. The molecule has 0 spiro atoms. The van der Waals surface area contributed by atoms with Crippen molar-refractivity contribution in [2.45, 2.75) is 13.1 Å². The Kier molecular flexibility index (Phi) is 6.74. The number of aromatic nitrogens is 1. The molecule has 2 heterocycles. The average molecular weight is 427 g/mol. The maximum Gasteiger partial charge on any atom is 0.254 e. The van der Waals surface area contributed by atoms with Crippen LogP contribution in [-0.2, 0) is 13.1 Å². The predicted octanol–water partition coefficient (Wildman–Crippen LogP) is 3.60. The molecule has 30 heavy (non-hydrogen) atoms. The fourth-order valence-corrected chi connectivity index (χ4v) is 3.14. The van der Waals surface area contributed by atoms with Crippen LogP contribution in [0, 0.1) is 0 Å². The van der Waals surface area contributed by atoms with E-state index in [0.29, 0.717) is 35.8 Å². The van der Waals surface area contributed by atoms with Gasteiger partial charge in [0.05, 0.1) is 12.8 Å². The molecule has 1 aromatic carbocycles. The molecule has 0 radical (unpaired) electrons. The van der Waals surface area contributed by atoms with Crippen LogP contribution in [0.3, 0.4) is 0 Å². The summed E-state index contributed by atoms with van der Waals surface area (Å²) < 4.78 is 5.45. The Morgan fingerprint density at radius 2 is 1.80 bits per heavy atom. The van der Waals surface area contributed by atoms with Gasteiger partial charge in [-0.25, -0.2) is 4.98 Å². The van der Waals surface area contributed by atoms with Crippen molar-refractivity contribution >= 4 is 29.2 Å². The van der Waals surface area contributed by atoms with E-state index in [1.54, 1.807) is 53.4 Å². The summed E-state index contributed by atoms with van der Waals surface area (Å²) in [5.74, 6) is 0.902. The normalized spacial score (nSPS) is 10.5. The molecule has 0 aliphatic carbocycles. The summed E-state index contributed by atoms with van der Waals surface area (Å²) in [6.07, 6.45) is 1.57. The summed E-state index contributed by atoms with van der Waals surface area (Å²) in [4.78, 5) is 32.8. The lowest BCUT2D eigenvalue weighted by Gasteiger charge is -2.23. The molecule has 0 atom stereocenters. The Balaban J connectivity index is 1.89. The van der Waals surface area contributed by atoms with Gasteiger partial charge in [0.2, 0.25) is 0 Å². The second-order valence-corrected chi connectivity index (χ2v) is 7.34. The number of benzene rings is 1. The number of hydrogen-bond acceptors (Lipinski definition) is 5. The third-order valence-corrected chi connectivity index (χ3v) is 4.71. The molecule has 8 heteroatoms. The van der Waals surface area contributed by atoms with Gasteiger partial charge in [0.15, 0.2) is 0 Å². The number of rotatable bonds is 7. The molecule has 0 bridgehead atoms. The average Bonchev–Trinajstić information content (AvgIpc) is 3.25. The number of nitrogens with one attached hydrogen (secondary N) is 1. The van der Waals surface area contributed by atoms with Crippen LogP contribution in [0.1, 0.15) is 32.0 Å². The van der Waals surface area contributed by atoms with E-state index in [4.69, 9.17) is 16.0 Å². The van der Waals surface area contributed by atoms with Gasteiger partial charge in [-0.15, -0.1) is 0 Å². The van der Waals surface area contributed by atoms with Crippen LogP contribution in [-0.4, -0.2) is 42.8 Å². The predicted molar refractivity (Wildman–Crippen MR) is 116 cm³/mol. The first kappa shape index (κ1) is 21.4. The van der Waals surface area contributed by atoms with Gasteiger partial charge in [-0.05, 0) is 42.0 Å². The number of amides is 2. The van der Waals surface area contributed by atoms with Gasteiger partial charge in [-0.3, -0.25) is 9.59 Å². The van der Waals surface area contributed by atoms with Crippen LogP contribution in [0.5, 0.6) is 0 Å². The van der Waals surface area contributed by atoms with Gasteiger partial charge < -0.3 is 19.5 Å². The number of hydrogen-bond donors (Lipinski definition) is 1. The largest absolute Gasteiger partial charge is 0.467 e. The molecule has 3 rings (SSSR count). The lowest BCUT2D eigenvalue weighted by atomic mass is 10.1. The zero-order chi connectivity index (χ0) is 21.7. The van der Waals surface area contributed by atoms with Crippen LogP contribution >= 0.6 is 11.6 Å². The standard InChI is InChI=1S/C22H23ClN4O3/c1-24-21(28)16-8-6-15(7-9-16)13-27(14-18-5-4-10-30-18)22(29)17-11-19(23)25-20(12-17)26(2)3/h4-12H,13-14H2,1-3H3,(H,24,28). The molecule has 0 fully saturated rings. The minimum absolute atomic E-state index is 0.160. The molecular weight excluding hydrogens is 404 g/mol. The number of halogens is 1. The second kappa shape index (κ2) is 9.45. The third kappa shape index (κ3) is 5.18. The Morgan fingerprint density at radius 3 is 2.40 bits per heavy atom. The van der Waals surface area contributed by atoms with Crippen molar-refractivity contribution in [2.75, 3.05) is 26.0 Å². The number of furan rings is 1. The van der Waals surface area contributed by atoms with Crippen LogP contribution in [0.15, 0.2) is 59.2 Å². The third-order valence-electron chi connectivity index (χ3n) is 4.52. The molecule has 0 saturated carbocycles. The van der Waals surface area contributed by atoms with E-state index in [2.05, 4.69) is 10.3 Å². The number of carbonyl (C=O) groups excluding carboxylic acids is 2. The molecule has 2 aromatic heterocycles. The number of pyridine rings is 1. The van der Waals surface area contributed by atoms with Crippen LogP contribution in [0.2, 0.25) is 5.15 Å². The van der Waals surface area contributed by atoms with Gasteiger partial charge in [0, 0.05) is 38.8 Å². The van der Waals surface area contributed by atoms with Gasteiger partial charge in [-0.1, -0.05) is 23.7 Å². The van der Waals surface area contributed by atoms with Crippen LogP contribution in [0.4, 0.5) is 5.82 Å². The SMILES string of the molecule is CNC(=O)c1ccc(CN(Cc2ccco2)C(=O)c2cc(Cl)nc(N(C)C)c2)cc1. The van der Waals surface area contributed by atoms with Crippen LogP contribution in [0.25, 0.3) is 0 Å². The Labute approximate surface area is 180 Å². The molecule has 3 aromatic rings. The van der Waals surface area contributed by atoms with Crippen molar-refractivity contribution in [2.24, 2.45) is 0 Å². The lowest BCUT2D eigenvalue weighted by molar-refractivity contribution is 0.0717. The minimum atomic E-state index is -0.200. The first-order valence-corrected chi connectivity index (χ1v) is 9.72. The molecule has 156 valence electrons. The number of carbonyl (C=O) groups is 2. The Bertz CT molecular complexity index is 1020. The smallest absolute Gasteiger partial charge is 0.254 e. The molecule has 0 aliphatic heterocycles. The fourth-order valence-electron chi connectivity index (χ4n) is 2.93. The highest BCUT2D eigenvalue weighted by molar-refractivity contribution is 6.29. The van der Waals surface area contributed by atoms with Crippen molar-refractivity contribution in [1.29, 1.82) is 0 Å². The monoisotopic (exact) mass is 426 g/mol. The van der Waals surface area contributed by atoms with Crippen molar-refractivity contribution < 1.29 is 14.0 Å². The van der Waals surface area contributed by atoms with Crippen LogP contribution < -0.4 is 10.2 Å². The number of nitrogens with zero attached hydrogens (tertiary/aromatic N) is 3. The van der Waals surface area contributed by atoms with Gasteiger partial charge in [-0.2, -0.15) is 0 Å². The minimum Gasteiger partial charge on any atom is -0.467 e. The molecule has 0 aliphatic rings. The van der Waals surface area contributed by atoms with E-state index in [1.165, 1.54) is 0 Å². The maximum atomic E-state index is 13.3. The Morgan fingerprint density at radius 1 is 1.07 bits per heavy atom. The highest BCUT2D eigenvalue weighted by atomic mass is 35.5. The summed E-state index contributed by atoms with van der Waals surface area (Å²) in [5, 5.41) is 2.84. The van der Waals surface area contributed by atoms with Crippen molar-refractivity contribution in [3.63, 3.8) is 0 Å². The zero-order valence-electron chi connectivity index (χ0n) is 17.1. The van der Waals surface area contributed by atoms with Crippen molar-refractivity contribution in [3.05, 3.63) is 82.4 Å². The molecule has 0 unspecified atom stereocenters. The zero-order valence-corrected chi connectivity index (χ0v) is 17.8. The highest BCUT2D eigenvalue weighted by Crippen LogP contribution is 2.21. The molecule has 7 nitrogen and oxygen atoms in total. The summed E-state index contributed by atoms with van der Waals surface area (Å²) >= 11 is 6.14. The maximum absolute atomic E-state index is 13.3. The molecular formula is C22H23ClN4O3. The van der Waals surface area contributed by atoms with E-state index in [1.807, 2.05) is 32.3 Å².